The summed E-state index contributed by atoms with van der Waals surface area (Å²) in [5.74, 6) is -0.173. The van der Waals surface area contributed by atoms with E-state index in [1.165, 1.54) is 17.0 Å². The SMILES string of the molecule is Cc1cc(=O)n(CC(=O)N[C@@H]2CC[C@H]3OCCO[C@H]3C2)cn1. The Labute approximate surface area is 128 Å². The van der Waals surface area contributed by atoms with Crippen LogP contribution in [0.5, 0.6) is 0 Å². The number of amides is 1. The zero-order valence-electron chi connectivity index (χ0n) is 12.7. The second-order valence-electron chi connectivity index (χ2n) is 5.89. The lowest BCUT2D eigenvalue weighted by atomic mass is 9.89. The molecule has 7 nitrogen and oxygen atoms in total. The zero-order chi connectivity index (χ0) is 15.5. The first-order chi connectivity index (χ1) is 10.6. The van der Waals surface area contributed by atoms with Gasteiger partial charge in [-0.2, -0.15) is 0 Å². The number of rotatable bonds is 3. The summed E-state index contributed by atoms with van der Waals surface area (Å²) in [5, 5.41) is 2.98. The molecule has 1 aliphatic carbocycles. The van der Waals surface area contributed by atoms with E-state index >= 15 is 0 Å². The molecule has 1 N–H and O–H groups in total. The molecule has 2 fully saturated rings. The first-order valence-corrected chi connectivity index (χ1v) is 7.67. The lowest BCUT2D eigenvalue weighted by Crippen LogP contribution is -2.50. The molecule has 1 saturated heterocycles. The maximum absolute atomic E-state index is 12.1. The third kappa shape index (κ3) is 3.53. The average Bonchev–Trinajstić information content (AvgIpc) is 2.50. The fourth-order valence-corrected chi connectivity index (χ4v) is 3.06. The predicted molar refractivity (Wildman–Crippen MR) is 78.5 cm³/mol. The summed E-state index contributed by atoms with van der Waals surface area (Å²) in [5.41, 5.74) is 0.435. The first kappa shape index (κ1) is 15.2. The Kier molecular flexibility index (Phi) is 4.54. The van der Waals surface area contributed by atoms with Crippen molar-refractivity contribution in [3.63, 3.8) is 0 Å². The zero-order valence-corrected chi connectivity index (χ0v) is 12.7. The van der Waals surface area contributed by atoms with Crippen LogP contribution >= 0.6 is 0 Å². The number of aromatic nitrogens is 2. The Bertz CT molecular complexity index is 601. The van der Waals surface area contributed by atoms with Crippen LogP contribution in [0.4, 0.5) is 0 Å². The minimum atomic E-state index is -0.213. The number of nitrogens with zero attached hydrogens (tertiary/aromatic N) is 2. The van der Waals surface area contributed by atoms with Crippen LogP contribution in [-0.4, -0.2) is 46.9 Å². The lowest BCUT2D eigenvalue weighted by molar-refractivity contribution is -0.158. The fraction of sp³-hybridized carbons (Fsp3) is 0.667. The van der Waals surface area contributed by atoms with Gasteiger partial charge in [0.05, 0.1) is 31.7 Å². The number of aryl methyl sites for hydroxylation is 1. The third-order valence-corrected chi connectivity index (χ3v) is 4.17. The molecule has 1 aromatic rings. The number of hydrogen-bond acceptors (Lipinski definition) is 5. The Morgan fingerprint density at radius 2 is 2.14 bits per heavy atom. The van der Waals surface area contributed by atoms with Crippen molar-refractivity contribution in [3.8, 4) is 0 Å². The standard InChI is InChI=1S/C15H21N3O4/c1-10-6-15(20)18(9-16-10)8-14(19)17-11-2-3-12-13(7-11)22-5-4-21-12/h6,9,11-13H,2-5,7-8H2,1H3,(H,17,19)/t11-,12-,13+/m1/s1. The maximum atomic E-state index is 12.1. The number of carbonyl (C=O) groups excluding carboxylic acids is 1. The number of nitrogens with one attached hydrogen (secondary N) is 1. The van der Waals surface area contributed by atoms with Crippen molar-refractivity contribution in [3.05, 3.63) is 28.4 Å². The summed E-state index contributed by atoms with van der Waals surface area (Å²) in [7, 11) is 0. The van der Waals surface area contributed by atoms with Crippen molar-refractivity contribution in [2.75, 3.05) is 13.2 Å². The van der Waals surface area contributed by atoms with Gasteiger partial charge in [0.25, 0.3) is 5.56 Å². The topological polar surface area (TPSA) is 82.5 Å². The van der Waals surface area contributed by atoms with Gasteiger partial charge in [0.2, 0.25) is 5.91 Å². The van der Waals surface area contributed by atoms with Crippen molar-refractivity contribution in [1.29, 1.82) is 0 Å². The van der Waals surface area contributed by atoms with Gasteiger partial charge in [-0.1, -0.05) is 0 Å². The van der Waals surface area contributed by atoms with E-state index in [-0.39, 0.29) is 36.3 Å². The van der Waals surface area contributed by atoms with Crippen LogP contribution in [0.1, 0.15) is 25.0 Å². The molecule has 1 aromatic heterocycles. The molecule has 0 aromatic carbocycles. The molecule has 22 heavy (non-hydrogen) atoms. The van der Waals surface area contributed by atoms with E-state index < -0.39 is 0 Å². The minimum Gasteiger partial charge on any atom is -0.373 e. The van der Waals surface area contributed by atoms with Crippen LogP contribution in [0.25, 0.3) is 0 Å². The molecule has 2 heterocycles. The molecular formula is C15H21N3O4. The molecular weight excluding hydrogens is 286 g/mol. The van der Waals surface area contributed by atoms with Gasteiger partial charge in [0.1, 0.15) is 6.54 Å². The van der Waals surface area contributed by atoms with Gasteiger partial charge >= 0.3 is 0 Å². The van der Waals surface area contributed by atoms with Crippen LogP contribution in [0.3, 0.4) is 0 Å². The molecule has 2 aliphatic rings. The Morgan fingerprint density at radius 1 is 1.36 bits per heavy atom. The largest absolute Gasteiger partial charge is 0.373 e. The summed E-state index contributed by atoms with van der Waals surface area (Å²) in [6.45, 7) is 3.01. The highest BCUT2D eigenvalue weighted by Gasteiger charge is 2.34. The molecule has 1 amide bonds. The first-order valence-electron chi connectivity index (χ1n) is 7.67. The number of hydrogen-bond donors (Lipinski definition) is 1. The Hall–Kier alpha value is -1.73. The van der Waals surface area contributed by atoms with Gasteiger partial charge in [-0.25, -0.2) is 4.98 Å². The summed E-state index contributed by atoms with van der Waals surface area (Å²) in [4.78, 5) is 27.9. The van der Waals surface area contributed by atoms with Gasteiger partial charge in [0.15, 0.2) is 0 Å². The quantitative estimate of drug-likeness (QED) is 0.850. The van der Waals surface area contributed by atoms with E-state index in [1.54, 1.807) is 6.92 Å². The van der Waals surface area contributed by atoms with E-state index in [1.807, 2.05) is 0 Å². The molecule has 1 aliphatic heterocycles. The maximum Gasteiger partial charge on any atom is 0.253 e. The smallest absolute Gasteiger partial charge is 0.253 e. The van der Waals surface area contributed by atoms with Crippen LogP contribution in [0, 0.1) is 6.92 Å². The average molecular weight is 307 g/mol. The lowest BCUT2D eigenvalue weighted by Gasteiger charge is -2.39. The van der Waals surface area contributed by atoms with E-state index in [9.17, 15) is 9.59 Å². The van der Waals surface area contributed by atoms with Gasteiger partial charge in [-0.05, 0) is 26.2 Å². The van der Waals surface area contributed by atoms with E-state index in [4.69, 9.17) is 9.47 Å². The van der Waals surface area contributed by atoms with Crippen molar-refractivity contribution < 1.29 is 14.3 Å². The van der Waals surface area contributed by atoms with Gasteiger partial charge in [0, 0.05) is 17.8 Å². The number of carbonyl (C=O) groups is 1. The molecule has 0 bridgehead atoms. The van der Waals surface area contributed by atoms with Crippen molar-refractivity contribution in [2.24, 2.45) is 0 Å². The van der Waals surface area contributed by atoms with E-state index in [0.717, 1.165) is 19.3 Å². The van der Waals surface area contributed by atoms with Gasteiger partial charge in [-0.3, -0.25) is 14.2 Å². The molecule has 3 rings (SSSR count). The molecule has 1 saturated carbocycles. The summed E-state index contributed by atoms with van der Waals surface area (Å²) in [6.07, 6.45) is 4.16. The minimum absolute atomic E-state index is 0.00589. The molecule has 120 valence electrons. The second kappa shape index (κ2) is 6.58. The highest BCUT2D eigenvalue weighted by Crippen LogP contribution is 2.26. The van der Waals surface area contributed by atoms with Crippen molar-refractivity contribution >= 4 is 5.91 Å². The van der Waals surface area contributed by atoms with Gasteiger partial charge in [-0.15, -0.1) is 0 Å². The van der Waals surface area contributed by atoms with Crippen LogP contribution in [0.15, 0.2) is 17.2 Å². The summed E-state index contributed by atoms with van der Waals surface area (Å²) >= 11 is 0. The molecule has 7 heteroatoms. The molecule has 0 spiro atoms. The van der Waals surface area contributed by atoms with E-state index in [0.29, 0.717) is 18.9 Å². The highest BCUT2D eigenvalue weighted by molar-refractivity contribution is 5.76. The summed E-state index contributed by atoms with van der Waals surface area (Å²) < 4.78 is 12.7. The highest BCUT2D eigenvalue weighted by atomic mass is 16.6. The van der Waals surface area contributed by atoms with Crippen LogP contribution in [0.2, 0.25) is 0 Å². The summed E-state index contributed by atoms with van der Waals surface area (Å²) in [6, 6.07) is 1.50. The van der Waals surface area contributed by atoms with Crippen LogP contribution in [-0.2, 0) is 20.8 Å². The van der Waals surface area contributed by atoms with E-state index in [2.05, 4.69) is 10.3 Å². The molecule has 0 radical (unpaired) electrons. The third-order valence-electron chi connectivity index (χ3n) is 4.17. The molecule has 0 unspecified atom stereocenters. The normalized spacial score (nSPS) is 28.0. The molecule has 3 atom stereocenters. The Balaban J connectivity index is 1.54. The van der Waals surface area contributed by atoms with Crippen molar-refractivity contribution in [2.45, 2.75) is 51.0 Å². The predicted octanol–water partition coefficient (Wildman–Crippen LogP) is 0.00442. The van der Waals surface area contributed by atoms with Gasteiger partial charge < -0.3 is 14.8 Å². The second-order valence-corrected chi connectivity index (χ2v) is 5.89. The fourth-order valence-electron chi connectivity index (χ4n) is 3.06. The number of ether oxygens (including phenoxy) is 2. The number of fused-ring (bicyclic) bond motifs is 1. The Morgan fingerprint density at radius 3 is 2.91 bits per heavy atom. The van der Waals surface area contributed by atoms with Crippen LogP contribution < -0.4 is 10.9 Å². The monoisotopic (exact) mass is 307 g/mol. The van der Waals surface area contributed by atoms with Crippen molar-refractivity contribution in [1.82, 2.24) is 14.9 Å².